The van der Waals surface area contributed by atoms with Crippen LogP contribution >= 0.6 is 0 Å². The third kappa shape index (κ3) is 4.17. The summed E-state index contributed by atoms with van der Waals surface area (Å²) in [5.41, 5.74) is 2.66. The van der Waals surface area contributed by atoms with E-state index in [1.807, 2.05) is 42.5 Å². The highest BCUT2D eigenvalue weighted by Crippen LogP contribution is 2.34. The minimum atomic E-state index is -0.163. The highest BCUT2D eigenvalue weighted by molar-refractivity contribution is 6.00. The average Bonchev–Trinajstić information content (AvgIpc) is 3.17. The number of nitrogens with one attached hydrogen (secondary N) is 1. The van der Waals surface area contributed by atoms with E-state index in [9.17, 15) is 4.79 Å². The van der Waals surface area contributed by atoms with E-state index in [0.29, 0.717) is 35.2 Å². The van der Waals surface area contributed by atoms with Crippen LogP contribution in [0.3, 0.4) is 0 Å². The highest BCUT2D eigenvalue weighted by atomic mass is 16.5. The molecular formula is C22H25N3O3. The van der Waals surface area contributed by atoms with Gasteiger partial charge in [0, 0.05) is 24.4 Å². The first-order valence-corrected chi connectivity index (χ1v) is 9.19. The number of methoxy groups -OCH3 is 2. The summed E-state index contributed by atoms with van der Waals surface area (Å²) in [5, 5.41) is 7.67. The molecule has 0 fully saturated rings. The molecule has 28 heavy (non-hydrogen) atoms. The van der Waals surface area contributed by atoms with Gasteiger partial charge in [0.2, 0.25) is 0 Å². The van der Waals surface area contributed by atoms with E-state index >= 15 is 0 Å². The Morgan fingerprint density at radius 2 is 1.86 bits per heavy atom. The van der Waals surface area contributed by atoms with Crippen LogP contribution in [0.5, 0.6) is 11.5 Å². The molecule has 3 aromatic rings. The summed E-state index contributed by atoms with van der Waals surface area (Å²) in [6.07, 6.45) is 1.75. The molecule has 0 aliphatic heterocycles. The number of hydrogen-bond donors (Lipinski definition) is 1. The third-order valence-electron chi connectivity index (χ3n) is 4.31. The number of carbonyl (C=O) groups is 1. The molecule has 0 spiro atoms. The third-order valence-corrected chi connectivity index (χ3v) is 4.31. The molecule has 0 radical (unpaired) electrons. The summed E-state index contributed by atoms with van der Waals surface area (Å²) in [7, 11) is 3.19. The number of amides is 1. The maximum atomic E-state index is 12.9. The first-order valence-electron chi connectivity index (χ1n) is 9.19. The maximum absolute atomic E-state index is 12.9. The number of ether oxygens (including phenoxy) is 2. The van der Waals surface area contributed by atoms with Crippen molar-refractivity contribution in [3.05, 3.63) is 60.3 Å². The van der Waals surface area contributed by atoms with E-state index in [1.165, 1.54) is 0 Å². The van der Waals surface area contributed by atoms with E-state index in [4.69, 9.17) is 14.6 Å². The zero-order chi connectivity index (χ0) is 20.1. The molecular weight excluding hydrogens is 354 g/mol. The molecule has 146 valence electrons. The number of para-hydroxylation sites is 1. The minimum absolute atomic E-state index is 0.163. The molecule has 0 atom stereocenters. The number of nitrogens with zero attached hydrogens (tertiary/aromatic N) is 2. The minimum Gasteiger partial charge on any atom is -0.497 e. The van der Waals surface area contributed by atoms with Crippen LogP contribution in [0.25, 0.3) is 16.9 Å². The Morgan fingerprint density at radius 3 is 2.50 bits per heavy atom. The van der Waals surface area contributed by atoms with Crippen LogP contribution in [0.4, 0.5) is 0 Å². The van der Waals surface area contributed by atoms with Crippen LogP contribution in [0.15, 0.2) is 54.7 Å². The van der Waals surface area contributed by atoms with Crippen LogP contribution in [0, 0.1) is 5.92 Å². The quantitative estimate of drug-likeness (QED) is 0.675. The Kier molecular flexibility index (Phi) is 5.99. The molecule has 6 nitrogen and oxygen atoms in total. The maximum Gasteiger partial charge on any atom is 0.255 e. The lowest BCUT2D eigenvalue weighted by Crippen LogP contribution is -2.27. The molecule has 0 saturated heterocycles. The second-order valence-corrected chi connectivity index (χ2v) is 6.84. The van der Waals surface area contributed by atoms with Gasteiger partial charge in [-0.05, 0) is 30.2 Å². The van der Waals surface area contributed by atoms with Gasteiger partial charge in [0.1, 0.15) is 17.2 Å². The predicted octanol–water partition coefficient (Wildman–Crippen LogP) is 3.94. The Labute approximate surface area is 165 Å². The Hall–Kier alpha value is -3.28. The lowest BCUT2D eigenvalue weighted by atomic mass is 10.1. The monoisotopic (exact) mass is 379 g/mol. The van der Waals surface area contributed by atoms with Gasteiger partial charge in [-0.15, -0.1) is 0 Å². The molecule has 1 amide bonds. The molecule has 0 bridgehead atoms. The molecule has 0 saturated carbocycles. The zero-order valence-corrected chi connectivity index (χ0v) is 16.6. The van der Waals surface area contributed by atoms with Crippen molar-refractivity contribution in [2.24, 2.45) is 5.92 Å². The summed E-state index contributed by atoms with van der Waals surface area (Å²) in [4.78, 5) is 12.9. The molecule has 3 rings (SSSR count). The van der Waals surface area contributed by atoms with Gasteiger partial charge in [0.05, 0.1) is 25.5 Å². The van der Waals surface area contributed by atoms with Gasteiger partial charge < -0.3 is 14.8 Å². The lowest BCUT2D eigenvalue weighted by molar-refractivity contribution is 0.0949. The smallest absolute Gasteiger partial charge is 0.255 e. The molecule has 1 aromatic heterocycles. The predicted molar refractivity (Wildman–Crippen MR) is 109 cm³/mol. The van der Waals surface area contributed by atoms with Gasteiger partial charge in [-0.3, -0.25) is 4.79 Å². The molecule has 2 aromatic carbocycles. The van der Waals surface area contributed by atoms with E-state index in [-0.39, 0.29) is 5.91 Å². The van der Waals surface area contributed by atoms with Crippen molar-refractivity contribution in [1.82, 2.24) is 15.1 Å². The number of benzene rings is 2. The molecule has 0 aliphatic carbocycles. The first kappa shape index (κ1) is 19.5. The largest absolute Gasteiger partial charge is 0.497 e. The second kappa shape index (κ2) is 8.61. The standard InChI is InChI=1S/C22H25N3O3/c1-15(2)13-23-22(26)19-14-25(16-8-6-5-7-9-16)24-21(19)18-11-10-17(27-3)12-20(18)28-4/h5-12,14-15H,13H2,1-4H3,(H,23,26). The highest BCUT2D eigenvalue weighted by Gasteiger charge is 2.21. The van der Waals surface area contributed by atoms with Crippen molar-refractivity contribution in [3.8, 4) is 28.4 Å². The normalized spacial score (nSPS) is 10.8. The fourth-order valence-corrected chi connectivity index (χ4v) is 2.84. The number of aromatic nitrogens is 2. The molecule has 6 heteroatoms. The van der Waals surface area contributed by atoms with Gasteiger partial charge in [-0.2, -0.15) is 5.10 Å². The second-order valence-electron chi connectivity index (χ2n) is 6.84. The average molecular weight is 379 g/mol. The Morgan fingerprint density at radius 1 is 1.11 bits per heavy atom. The number of hydrogen-bond acceptors (Lipinski definition) is 4. The van der Waals surface area contributed by atoms with Gasteiger partial charge in [0.15, 0.2) is 0 Å². The van der Waals surface area contributed by atoms with Crippen molar-refractivity contribution in [3.63, 3.8) is 0 Å². The van der Waals surface area contributed by atoms with Crippen LogP contribution in [0.2, 0.25) is 0 Å². The number of rotatable bonds is 7. The van der Waals surface area contributed by atoms with Crippen LogP contribution < -0.4 is 14.8 Å². The Balaban J connectivity index is 2.10. The molecule has 0 unspecified atom stereocenters. The van der Waals surface area contributed by atoms with Crippen molar-refractivity contribution >= 4 is 5.91 Å². The van der Waals surface area contributed by atoms with Crippen molar-refractivity contribution in [2.75, 3.05) is 20.8 Å². The van der Waals surface area contributed by atoms with Crippen LogP contribution in [-0.2, 0) is 0 Å². The van der Waals surface area contributed by atoms with Crippen molar-refractivity contribution in [2.45, 2.75) is 13.8 Å². The van der Waals surface area contributed by atoms with E-state index in [2.05, 4.69) is 19.2 Å². The SMILES string of the molecule is COc1ccc(-c2nn(-c3ccccc3)cc2C(=O)NCC(C)C)c(OC)c1. The molecule has 0 aliphatic rings. The summed E-state index contributed by atoms with van der Waals surface area (Å²) in [6.45, 7) is 4.71. The van der Waals surface area contributed by atoms with E-state index in [0.717, 1.165) is 11.3 Å². The van der Waals surface area contributed by atoms with Crippen LogP contribution in [-0.4, -0.2) is 36.5 Å². The number of carbonyl (C=O) groups excluding carboxylic acids is 1. The van der Waals surface area contributed by atoms with Crippen LogP contribution in [0.1, 0.15) is 24.2 Å². The lowest BCUT2D eigenvalue weighted by Gasteiger charge is -2.11. The van der Waals surface area contributed by atoms with E-state index < -0.39 is 0 Å². The van der Waals surface area contributed by atoms with Gasteiger partial charge in [0.25, 0.3) is 5.91 Å². The first-order chi connectivity index (χ1) is 13.5. The fourth-order valence-electron chi connectivity index (χ4n) is 2.84. The van der Waals surface area contributed by atoms with Gasteiger partial charge in [-0.1, -0.05) is 32.0 Å². The molecule has 1 heterocycles. The summed E-state index contributed by atoms with van der Waals surface area (Å²) < 4.78 is 12.5. The molecule has 1 N–H and O–H groups in total. The van der Waals surface area contributed by atoms with Gasteiger partial charge >= 0.3 is 0 Å². The topological polar surface area (TPSA) is 65.4 Å². The van der Waals surface area contributed by atoms with Crippen molar-refractivity contribution in [1.29, 1.82) is 0 Å². The Bertz CT molecular complexity index is 949. The zero-order valence-electron chi connectivity index (χ0n) is 16.6. The van der Waals surface area contributed by atoms with Gasteiger partial charge in [-0.25, -0.2) is 4.68 Å². The summed E-state index contributed by atoms with van der Waals surface area (Å²) in [5.74, 6) is 1.46. The van der Waals surface area contributed by atoms with Crippen molar-refractivity contribution < 1.29 is 14.3 Å². The summed E-state index contributed by atoms with van der Waals surface area (Å²) in [6, 6.07) is 15.2. The fraction of sp³-hybridized carbons (Fsp3) is 0.273. The summed E-state index contributed by atoms with van der Waals surface area (Å²) >= 11 is 0. The van der Waals surface area contributed by atoms with E-state index in [1.54, 1.807) is 31.2 Å².